The summed E-state index contributed by atoms with van der Waals surface area (Å²) in [6.45, 7) is 6.70. The maximum Gasteiger partial charge on any atom is 0.0822 e. The van der Waals surface area contributed by atoms with Gasteiger partial charge in [0.05, 0.1) is 12.2 Å². The van der Waals surface area contributed by atoms with Crippen LogP contribution in [0.3, 0.4) is 0 Å². The fraction of sp³-hybridized carbons (Fsp3) is 0.667. The van der Waals surface area contributed by atoms with E-state index in [1.165, 1.54) is 11.1 Å². The lowest BCUT2D eigenvalue weighted by Crippen LogP contribution is -2.55. The molecule has 1 aromatic carbocycles. The second kappa shape index (κ2) is 7.09. The number of aryl methyl sites for hydroxylation is 1. The van der Waals surface area contributed by atoms with Crippen molar-refractivity contribution in [2.24, 2.45) is 0 Å². The van der Waals surface area contributed by atoms with E-state index in [4.69, 9.17) is 0 Å². The summed E-state index contributed by atoms with van der Waals surface area (Å²) < 4.78 is 0. The molecule has 2 heterocycles. The molecule has 0 aromatic heterocycles. The van der Waals surface area contributed by atoms with E-state index < -0.39 is 0 Å². The molecule has 0 aliphatic carbocycles. The Kier molecular flexibility index (Phi) is 5.14. The van der Waals surface area contributed by atoms with Crippen molar-refractivity contribution in [3.63, 3.8) is 0 Å². The second-order valence-electron chi connectivity index (χ2n) is 6.85. The second-order valence-corrected chi connectivity index (χ2v) is 6.85. The van der Waals surface area contributed by atoms with Gasteiger partial charge in [-0.25, -0.2) is 0 Å². The minimum atomic E-state index is -0.284. The Morgan fingerprint density at radius 1 is 1.05 bits per heavy atom. The Hall–Kier alpha value is -0.940. The van der Waals surface area contributed by atoms with Crippen LogP contribution in [0.2, 0.25) is 0 Å². The van der Waals surface area contributed by atoms with E-state index in [1.807, 2.05) is 0 Å². The van der Waals surface area contributed by atoms with Crippen molar-refractivity contribution < 1.29 is 10.2 Å². The van der Waals surface area contributed by atoms with Crippen LogP contribution in [0.25, 0.3) is 0 Å². The Morgan fingerprint density at radius 2 is 1.77 bits per heavy atom. The predicted octanol–water partition coefficient (Wildman–Crippen LogP) is 1.39. The Balaban J connectivity index is 1.55. The maximum absolute atomic E-state index is 10.6. The van der Waals surface area contributed by atoms with Gasteiger partial charge in [-0.1, -0.05) is 24.3 Å². The van der Waals surface area contributed by atoms with Crippen molar-refractivity contribution in [2.75, 3.05) is 26.2 Å². The van der Waals surface area contributed by atoms with Gasteiger partial charge >= 0.3 is 0 Å². The number of rotatable bonds is 3. The van der Waals surface area contributed by atoms with Crippen molar-refractivity contribution in [2.45, 2.75) is 51.0 Å². The van der Waals surface area contributed by atoms with Crippen molar-refractivity contribution in [3.8, 4) is 0 Å². The number of hydrogen-bond donors (Lipinski definition) is 2. The highest BCUT2D eigenvalue weighted by atomic mass is 16.3. The van der Waals surface area contributed by atoms with Gasteiger partial charge in [0.15, 0.2) is 0 Å². The van der Waals surface area contributed by atoms with Gasteiger partial charge in [-0.2, -0.15) is 0 Å². The summed E-state index contributed by atoms with van der Waals surface area (Å²) in [5, 5.41) is 20.2. The zero-order chi connectivity index (χ0) is 15.5. The molecular weight excluding hydrogens is 276 g/mol. The molecular formula is C18H28N2O2. The van der Waals surface area contributed by atoms with Gasteiger partial charge in [0.1, 0.15) is 0 Å². The maximum atomic E-state index is 10.6. The van der Waals surface area contributed by atoms with Crippen LogP contribution in [0.5, 0.6) is 0 Å². The first kappa shape index (κ1) is 15.9. The van der Waals surface area contributed by atoms with E-state index in [0.717, 1.165) is 52.0 Å². The van der Waals surface area contributed by atoms with Crippen LogP contribution in [-0.2, 0) is 6.54 Å². The minimum Gasteiger partial charge on any atom is -0.393 e. The first-order chi connectivity index (χ1) is 10.6. The summed E-state index contributed by atoms with van der Waals surface area (Å²) in [4.78, 5) is 4.74. The Labute approximate surface area is 133 Å². The smallest absolute Gasteiger partial charge is 0.0822 e. The molecule has 0 spiro atoms. The lowest BCUT2D eigenvalue weighted by atomic mass is 9.96. The zero-order valence-corrected chi connectivity index (χ0v) is 13.5. The molecule has 122 valence electrons. The molecule has 2 atom stereocenters. The van der Waals surface area contributed by atoms with Crippen LogP contribution >= 0.6 is 0 Å². The number of piperidine rings is 2. The highest BCUT2D eigenvalue weighted by Gasteiger charge is 2.33. The van der Waals surface area contributed by atoms with E-state index in [-0.39, 0.29) is 18.2 Å². The normalized spacial score (nSPS) is 28.9. The number of hydrogen-bond acceptors (Lipinski definition) is 4. The quantitative estimate of drug-likeness (QED) is 0.886. The van der Waals surface area contributed by atoms with Gasteiger partial charge < -0.3 is 10.2 Å². The number of likely N-dealkylation sites (tertiary alicyclic amines) is 2. The SMILES string of the molecule is Cc1ccccc1CN1CC[C@@H](N2CCC(O)CC2)[C@H](O)C1. The molecule has 0 radical (unpaired) electrons. The third-order valence-electron chi connectivity index (χ3n) is 5.25. The first-order valence-electron chi connectivity index (χ1n) is 8.50. The van der Waals surface area contributed by atoms with E-state index in [2.05, 4.69) is 41.0 Å². The van der Waals surface area contributed by atoms with Crippen molar-refractivity contribution in [1.82, 2.24) is 9.80 Å². The Bertz CT molecular complexity index is 486. The number of nitrogens with zero attached hydrogens (tertiary/aromatic N) is 2. The third-order valence-corrected chi connectivity index (χ3v) is 5.25. The van der Waals surface area contributed by atoms with Gasteiger partial charge in [0.2, 0.25) is 0 Å². The van der Waals surface area contributed by atoms with E-state index >= 15 is 0 Å². The summed E-state index contributed by atoms with van der Waals surface area (Å²) in [5.74, 6) is 0. The largest absolute Gasteiger partial charge is 0.393 e. The summed E-state index contributed by atoms with van der Waals surface area (Å²) in [6.07, 6.45) is 2.28. The van der Waals surface area contributed by atoms with Crippen molar-refractivity contribution >= 4 is 0 Å². The monoisotopic (exact) mass is 304 g/mol. The van der Waals surface area contributed by atoms with Gasteiger partial charge in [0, 0.05) is 38.8 Å². The number of benzene rings is 1. The average molecular weight is 304 g/mol. The van der Waals surface area contributed by atoms with Gasteiger partial charge in [-0.15, -0.1) is 0 Å². The molecule has 1 aromatic rings. The third kappa shape index (κ3) is 3.69. The van der Waals surface area contributed by atoms with Crippen LogP contribution in [0.1, 0.15) is 30.4 Å². The number of aliphatic hydroxyl groups excluding tert-OH is 2. The topological polar surface area (TPSA) is 46.9 Å². The van der Waals surface area contributed by atoms with Gasteiger partial charge in [0.25, 0.3) is 0 Å². The van der Waals surface area contributed by atoms with E-state index in [1.54, 1.807) is 0 Å². The van der Waals surface area contributed by atoms with E-state index in [9.17, 15) is 10.2 Å². The van der Waals surface area contributed by atoms with Crippen LogP contribution in [0.4, 0.5) is 0 Å². The highest BCUT2D eigenvalue weighted by molar-refractivity contribution is 5.25. The van der Waals surface area contributed by atoms with Crippen molar-refractivity contribution in [3.05, 3.63) is 35.4 Å². The number of β-amino-alcohol motifs (C(OH)–C–C–N with tert-alkyl or cyclic N) is 1. The molecule has 2 saturated heterocycles. The molecule has 0 unspecified atom stereocenters. The lowest BCUT2D eigenvalue weighted by Gasteiger charge is -2.43. The molecule has 0 saturated carbocycles. The van der Waals surface area contributed by atoms with Gasteiger partial charge in [-0.3, -0.25) is 9.80 Å². The lowest BCUT2D eigenvalue weighted by molar-refractivity contribution is -0.0355. The number of aliphatic hydroxyl groups is 2. The molecule has 3 rings (SSSR count). The summed E-state index contributed by atoms with van der Waals surface area (Å²) in [5.41, 5.74) is 2.68. The van der Waals surface area contributed by atoms with Crippen LogP contribution in [0, 0.1) is 6.92 Å². The summed E-state index contributed by atoms with van der Waals surface area (Å²) >= 11 is 0. The summed E-state index contributed by atoms with van der Waals surface area (Å²) in [7, 11) is 0. The molecule has 4 heteroatoms. The average Bonchev–Trinajstić information content (AvgIpc) is 2.51. The molecule has 0 amide bonds. The molecule has 2 N–H and O–H groups in total. The molecule has 0 bridgehead atoms. The zero-order valence-electron chi connectivity index (χ0n) is 13.5. The fourth-order valence-electron chi connectivity index (χ4n) is 3.80. The predicted molar refractivity (Wildman–Crippen MR) is 87.7 cm³/mol. The highest BCUT2D eigenvalue weighted by Crippen LogP contribution is 2.23. The van der Waals surface area contributed by atoms with E-state index in [0.29, 0.717) is 0 Å². The molecule has 4 nitrogen and oxygen atoms in total. The standard InChI is InChI=1S/C18H28N2O2/c1-14-4-2-3-5-15(14)12-19-9-8-17(18(22)13-19)20-10-6-16(21)7-11-20/h2-5,16-18,21-22H,6-13H2,1H3/t17-,18-/m1/s1. The molecule has 22 heavy (non-hydrogen) atoms. The summed E-state index contributed by atoms with van der Waals surface area (Å²) in [6, 6.07) is 8.76. The van der Waals surface area contributed by atoms with Crippen molar-refractivity contribution in [1.29, 1.82) is 0 Å². The first-order valence-corrected chi connectivity index (χ1v) is 8.50. The fourth-order valence-corrected chi connectivity index (χ4v) is 3.80. The molecule has 2 aliphatic rings. The molecule has 2 aliphatic heterocycles. The van der Waals surface area contributed by atoms with Crippen LogP contribution < -0.4 is 0 Å². The Morgan fingerprint density at radius 3 is 2.45 bits per heavy atom. The van der Waals surface area contributed by atoms with Crippen LogP contribution in [-0.4, -0.2) is 64.4 Å². The van der Waals surface area contributed by atoms with Gasteiger partial charge in [-0.05, 0) is 37.3 Å². The van der Waals surface area contributed by atoms with Crippen LogP contribution in [0.15, 0.2) is 24.3 Å². The molecule has 2 fully saturated rings. The minimum absolute atomic E-state index is 0.144.